The predicted octanol–water partition coefficient (Wildman–Crippen LogP) is 19.9. The number of nitrogens with zero attached hydrogens (tertiary/aromatic N) is 2. The topological polar surface area (TPSA) is 9.86 Å². The van der Waals surface area contributed by atoms with Crippen molar-refractivity contribution in [1.82, 2.24) is 9.13 Å². The van der Waals surface area contributed by atoms with Crippen molar-refractivity contribution in [1.29, 1.82) is 0 Å². The average Bonchev–Trinajstić information content (AvgIpc) is 4.12. The second-order valence-corrected chi connectivity index (χ2v) is 21.8. The van der Waals surface area contributed by atoms with E-state index in [1.807, 2.05) is 34.0 Å². The lowest BCUT2D eigenvalue weighted by molar-refractivity contribution is 0.550. The van der Waals surface area contributed by atoms with Crippen LogP contribution in [0.25, 0.3) is 63.1 Å². The highest BCUT2D eigenvalue weighted by atomic mass is 32.1. The number of unbranched alkanes of at least 4 members (excludes halogenated alkanes) is 20. The van der Waals surface area contributed by atoms with Crippen LogP contribution in [-0.4, -0.2) is 9.13 Å². The average molecular weight is 875 g/mol. The molecule has 330 valence electrons. The number of aromatic nitrogens is 2. The van der Waals surface area contributed by atoms with E-state index >= 15 is 0 Å². The van der Waals surface area contributed by atoms with Gasteiger partial charge in [-0.25, -0.2) is 0 Å². The maximum atomic E-state index is 2.70. The standard InChI is InChI=1S/C56H78N2S3/c1-5-9-13-17-19-21-23-27-35-57-49-41-55-47(37-43(49)39-51(57)53-33-31-45(59-53)29-25-15-11-7-3)48-38-44-40-52(54-34-32-46(60-54)30-26-16-12-8-4)58(50(44)42-56(48)61-55)36-28-24-22-20-18-14-10-6-2/h31-34,37-42H,5-30,35-36H2,1-4H3. The largest absolute Gasteiger partial charge is 0.340 e. The Morgan fingerprint density at radius 2 is 0.721 bits per heavy atom. The lowest BCUT2D eigenvalue weighted by Crippen LogP contribution is -1.99. The van der Waals surface area contributed by atoms with Crippen LogP contribution in [0.1, 0.15) is 192 Å². The van der Waals surface area contributed by atoms with Crippen molar-refractivity contribution in [3.05, 3.63) is 70.4 Å². The third kappa shape index (κ3) is 12.2. The van der Waals surface area contributed by atoms with Gasteiger partial charge in [0, 0.05) is 64.8 Å². The number of aryl methyl sites for hydroxylation is 4. The number of thiophene rings is 3. The van der Waals surface area contributed by atoms with Crippen molar-refractivity contribution in [3.8, 4) is 21.1 Å². The predicted molar refractivity (Wildman–Crippen MR) is 278 cm³/mol. The van der Waals surface area contributed by atoms with E-state index in [1.165, 1.54) is 230 Å². The van der Waals surface area contributed by atoms with E-state index in [4.69, 9.17) is 0 Å². The quantitative estimate of drug-likeness (QED) is 0.0399. The molecule has 0 radical (unpaired) electrons. The summed E-state index contributed by atoms with van der Waals surface area (Å²) in [5.74, 6) is 0. The number of hydrogen-bond acceptors (Lipinski definition) is 3. The molecule has 0 unspecified atom stereocenters. The lowest BCUT2D eigenvalue weighted by atomic mass is 10.1. The Hall–Kier alpha value is -2.86. The maximum absolute atomic E-state index is 2.70. The van der Waals surface area contributed by atoms with Gasteiger partial charge in [-0.2, -0.15) is 0 Å². The van der Waals surface area contributed by atoms with Gasteiger partial charge in [-0.1, -0.05) is 156 Å². The summed E-state index contributed by atoms with van der Waals surface area (Å²) in [4.78, 5) is 5.98. The van der Waals surface area contributed by atoms with Gasteiger partial charge in [0.2, 0.25) is 0 Å². The highest BCUT2D eigenvalue weighted by molar-refractivity contribution is 7.26. The Morgan fingerprint density at radius 3 is 1.11 bits per heavy atom. The molecule has 7 aromatic rings. The van der Waals surface area contributed by atoms with E-state index < -0.39 is 0 Å². The van der Waals surface area contributed by atoms with Crippen LogP contribution in [0.3, 0.4) is 0 Å². The van der Waals surface area contributed by atoms with E-state index in [2.05, 4.69) is 97.5 Å². The number of fused-ring (bicyclic) bond motifs is 5. The summed E-state index contributed by atoms with van der Waals surface area (Å²) >= 11 is 6.09. The van der Waals surface area contributed by atoms with Gasteiger partial charge >= 0.3 is 0 Å². The van der Waals surface area contributed by atoms with Crippen molar-refractivity contribution in [2.24, 2.45) is 0 Å². The minimum absolute atomic E-state index is 1.10. The van der Waals surface area contributed by atoms with Crippen LogP contribution in [0, 0.1) is 0 Å². The molecular weight excluding hydrogens is 797 g/mol. The highest BCUT2D eigenvalue weighted by Gasteiger charge is 2.19. The van der Waals surface area contributed by atoms with Crippen LogP contribution in [0.15, 0.2) is 60.7 Å². The molecule has 2 nitrogen and oxygen atoms in total. The van der Waals surface area contributed by atoms with Gasteiger partial charge in [0.05, 0.1) is 21.1 Å². The summed E-state index contributed by atoms with van der Waals surface area (Å²) in [6.45, 7) is 11.5. The van der Waals surface area contributed by atoms with E-state index in [0.717, 1.165) is 13.1 Å². The van der Waals surface area contributed by atoms with Crippen LogP contribution in [0.4, 0.5) is 0 Å². The fourth-order valence-corrected chi connectivity index (χ4v) is 13.0. The van der Waals surface area contributed by atoms with Gasteiger partial charge in [-0.15, -0.1) is 34.0 Å². The fraction of sp³-hybridized carbons (Fsp3) is 0.571. The number of hydrogen-bond donors (Lipinski definition) is 0. The van der Waals surface area contributed by atoms with Crippen molar-refractivity contribution >= 4 is 76.0 Å². The Balaban J connectivity index is 1.19. The smallest absolute Gasteiger partial charge is 0.0592 e. The van der Waals surface area contributed by atoms with E-state index in [9.17, 15) is 0 Å². The zero-order valence-corrected chi connectivity index (χ0v) is 41.1. The summed E-state index contributed by atoms with van der Waals surface area (Å²) in [5, 5.41) is 5.65. The van der Waals surface area contributed by atoms with Gasteiger partial charge in [0.1, 0.15) is 0 Å². The minimum atomic E-state index is 1.10. The monoisotopic (exact) mass is 875 g/mol. The van der Waals surface area contributed by atoms with Crippen molar-refractivity contribution < 1.29 is 0 Å². The Bertz CT molecular complexity index is 2190. The summed E-state index contributed by atoms with van der Waals surface area (Å²) in [5.41, 5.74) is 5.69. The summed E-state index contributed by atoms with van der Waals surface area (Å²) in [6.07, 6.45) is 34.7. The van der Waals surface area contributed by atoms with Crippen molar-refractivity contribution in [3.63, 3.8) is 0 Å². The molecule has 5 aromatic heterocycles. The molecule has 0 saturated heterocycles. The highest BCUT2D eigenvalue weighted by Crippen LogP contribution is 2.43. The summed E-state index contributed by atoms with van der Waals surface area (Å²) < 4.78 is 8.26. The first-order chi connectivity index (χ1) is 30.1. The Kier molecular flexibility index (Phi) is 18.4. The first-order valence-corrected chi connectivity index (χ1v) is 27.8. The second-order valence-electron chi connectivity index (χ2n) is 18.4. The fourth-order valence-electron chi connectivity index (χ4n) is 9.74. The minimum Gasteiger partial charge on any atom is -0.340 e. The molecule has 61 heavy (non-hydrogen) atoms. The molecule has 0 amide bonds. The van der Waals surface area contributed by atoms with Gasteiger partial charge < -0.3 is 9.13 Å². The molecular formula is C56H78N2S3. The van der Waals surface area contributed by atoms with E-state index in [0.29, 0.717) is 0 Å². The summed E-state index contributed by atoms with van der Waals surface area (Å²) in [7, 11) is 0. The molecule has 0 fully saturated rings. The summed E-state index contributed by atoms with van der Waals surface area (Å²) in [6, 6.07) is 24.9. The van der Waals surface area contributed by atoms with Gasteiger partial charge in [0.15, 0.2) is 0 Å². The molecule has 0 spiro atoms. The van der Waals surface area contributed by atoms with E-state index in [1.54, 1.807) is 9.75 Å². The van der Waals surface area contributed by atoms with Crippen LogP contribution in [0.2, 0.25) is 0 Å². The Morgan fingerprint density at radius 1 is 0.361 bits per heavy atom. The third-order valence-corrected chi connectivity index (χ3v) is 16.8. The van der Waals surface area contributed by atoms with Crippen LogP contribution in [0.5, 0.6) is 0 Å². The SMILES string of the molecule is CCCCCCCCCCn1c(-c2ccc(CCCCCC)s2)cc2cc3c(cc21)sc1cc2c(cc(-c4ccc(CCCCCC)s4)n2CCCCCCCCCC)cc13. The zero-order valence-electron chi connectivity index (χ0n) is 38.7. The zero-order chi connectivity index (χ0) is 42.2. The molecule has 0 aliphatic heterocycles. The van der Waals surface area contributed by atoms with Crippen LogP contribution in [-0.2, 0) is 25.9 Å². The molecule has 0 aliphatic carbocycles. The van der Waals surface area contributed by atoms with Gasteiger partial charge in [-0.05, 0) is 99.2 Å². The van der Waals surface area contributed by atoms with Crippen LogP contribution >= 0.6 is 34.0 Å². The normalized spacial score (nSPS) is 12.1. The molecule has 0 bridgehead atoms. The van der Waals surface area contributed by atoms with Gasteiger partial charge in [-0.3, -0.25) is 0 Å². The first kappa shape index (κ1) is 46.1. The molecule has 5 heteroatoms. The van der Waals surface area contributed by atoms with Crippen molar-refractivity contribution in [2.75, 3.05) is 0 Å². The maximum Gasteiger partial charge on any atom is 0.0592 e. The number of rotatable bonds is 30. The van der Waals surface area contributed by atoms with E-state index in [-0.39, 0.29) is 0 Å². The molecule has 2 aromatic carbocycles. The molecule has 7 rings (SSSR count). The Labute approximate surface area is 382 Å². The lowest BCUT2D eigenvalue weighted by Gasteiger charge is -2.10. The first-order valence-electron chi connectivity index (χ1n) is 25.3. The van der Waals surface area contributed by atoms with Gasteiger partial charge in [0.25, 0.3) is 0 Å². The molecule has 0 N–H and O–H groups in total. The molecule has 0 aliphatic rings. The molecule has 5 heterocycles. The van der Waals surface area contributed by atoms with Crippen molar-refractivity contribution in [2.45, 2.75) is 208 Å². The second kappa shape index (κ2) is 24.3. The molecule has 0 saturated carbocycles. The number of benzene rings is 2. The van der Waals surface area contributed by atoms with Crippen LogP contribution < -0.4 is 0 Å². The third-order valence-electron chi connectivity index (χ3n) is 13.4. The molecule has 0 atom stereocenters.